The summed E-state index contributed by atoms with van der Waals surface area (Å²) in [6.07, 6.45) is 2.37. The molecule has 0 spiro atoms. The number of methoxy groups -OCH3 is 2. The van der Waals surface area contributed by atoms with Crippen LogP contribution in [0.15, 0.2) is 24.3 Å². The Labute approximate surface area is 169 Å². The quantitative estimate of drug-likeness (QED) is 0.501. The van der Waals surface area contributed by atoms with E-state index in [9.17, 15) is 14.4 Å². The Morgan fingerprint density at radius 1 is 1.00 bits per heavy atom. The second kappa shape index (κ2) is 10.9. The van der Waals surface area contributed by atoms with Crippen molar-refractivity contribution in [1.82, 2.24) is 9.80 Å². The topological polar surface area (TPSA) is 94.6 Å². The van der Waals surface area contributed by atoms with Gasteiger partial charge < -0.3 is 28.7 Å². The number of piperazine rings is 1. The minimum atomic E-state index is -0.645. The first-order valence-electron chi connectivity index (χ1n) is 9.25. The SMILES string of the molecule is CCOC(=O)N1CCN(C(=O)COC(=O)/C=C/c2cccc(OC)c2OC)CC1. The lowest BCUT2D eigenvalue weighted by molar-refractivity contribution is -0.148. The Balaban J connectivity index is 1.82. The van der Waals surface area contributed by atoms with Crippen molar-refractivity contribution in [3.63, 3.8) is 0 Å². The zero-order chi connectivity index (χ0) is 21.2. The Morgan fingerprint density at radius 2 is 1.69 bits per heavy atom. The summed E-state index contributed by atoms with van der Waals surface area (Å²) >= 11 is 0. The molecule has 9 heteroatoms. The van der Waals surface area contributed by atoms with Crippen molar-refractivity contribution in [3.8, 4) is 11.5 Å². The maximum Gasteiger partial charge on any atom is 0.409 e. The van der Waals surface area contributed by atoms with Crippen molar-refractivity contribution < 1.29 is 33.3 Å². The molecule has 1 aliphatic rings. The summed E-state index contributed by atoms with van der Waals surface area (Å²) < 4.78 is 20.5. The van der Waals surface area contributed by atoms with Crippen LogP contribution in [0.25, 0.3) is 6.08 Å². The number of hydrogen-bond donors (Lipinski definition) is 0. The lowest BCUT2D eigenvalue weighted by Gasteiger charge is -2.33. The van der Waals surface area contributed by atoms with Crippen molar-refractivity contribution in [3.05, 3.63) is 29.8 Å². The van der Waals surface area contributed by atoms with Crippen molar-refractivity contribution in [2.75, 3.05) is 53.6 Å². The van der Waals surface area contributed by atoms with E-state index in [-0.39, 0.29) is 18.6 Å². The van der Waals surface area contributed by atoms with Crippen LogP contribution in [0.3, 0.4) is 0 Å². The van der Waals surface area contributed by atoms with Gasteiger partial charge in [0.25, 0.3) is 5.91 Å². The molecule has 0 N–H and O–H groups in total. The molecule has 0 atom stereocenters. The minimum Gasteiger partial charge on any atom is -0.493 e. The van der Waals surface area contributed by atoms with Gasteiger partial charge in [0.2, 0.25) is 0 Å². The summed E-state index contributed by atoms with van der Waals surface area (Å²) in [5.74, 6) is 0.0809. The fraction of sp³-hybridized carbons (Fsp3) is 0.450. The van der Waals surface area contributed by atoms with E-state index < -0.39 is 5.97 Å². The molecule has 29 heavy (non-hydrogen) atoms. The van der Waals surface area contributed by atoms with Gasteiger partial charge in [-0.25, -0.2) is 9.59 Å². The predicted octanol–water partition coefficient (Wildman–Crippen LogP) is 1.56. The van der Waals surface area contributed by atoms with E-state index >= 15 is 0 Å². The van der Waals surface area contributed by atoms with Gasteiger partial charge in [0, 0.05) is 37.8 Å². The maximum absolute atomic E-state index is 12.2. The van der Waals surface area contributed by atoms with Crippen LogP contribution >= 0.6 is 0 Å². The van der Waals surface area contributed by atoms with E-state index in [1.807, 2.05) is 0 Å². The van der Waals surface area contributed by atoms with Gasteiger partial charge in [-0.1, -0.05) is 12.1 Å². The molecule has 0 aromatic heterocycles. The normalized spacial score (nSPS) is 13.9. The molecule has 0 unspecified atom stereocenters. The maximum atomic E-state index is 12.2. The lowest BCUT2D eigenvalue weighted by atomic mass is 10.1. The van der Waals surface area contributed by atoms with Gasteiger partial charge in [-0.3, -0.25) is 4.79 Å². The number of para-hydroxylation sites is 1. The van der Waals surface area contributed by atoms with Gasteiger partial charge in [0.05, 0.1) is 20.8 Å². The standard InChI is InChI=1S/C20H26N2O7/c1-4-28-20(25)22-12-10-21(11-13-22)17(23)14-29-18(24)9-8-15-6-5-7-16(26-2)19(15)27-3/h5-9H,4,10-14H2,1-3H3/b9-8+. The molecule has 1 saturated heterocycles. The molecule has 0 radical (unpaired) electrons. The lowest BCUT2D eigenvalue weighted by Crippen LogP contribution is -2.51. The number of benzene rings is 1. The van der Waals surface area contributed by atoms with Crippen molar-refractivity contribution in [2.45, 2.75) is 6.92 Å². The van der Waals surface area contributed by atoms with E-state index in [2.05, 4.69) is 0 Å². The average molecular weight is 406 g/mol. The first kappa shape index (κ1) is 22.1. The summed E-state index contributed by atoms with van der Waals surface area (Å²) in [5, 5.41) is 0. The Bertz CT molecular complexity index is 755. The third-order valence-electron chi connectivity index (χ3n) is 4.33. The van der Waals surface area contributed by atoms with Crippen molar-refractivity contribution >= 4 is 24.0 Å². The zero-order valence-electron chi connectivity index (χ0n) is 16.9. The smallest absolute Gasteiger partial charge is 0.409 e. The van der Waals surface area contributed by atoms with Crippen molar-refractivity contribution in [1.29, 1.82) is 0 Å². The molecular formula is C20H26N2O7. The van der Waals surface area contributed by atoms with E-state index in [0.29, 0.717) is 49.8 Å². The molecule has 1 fully saturated rings. The van der Waals surface area contributed by atoms with Crippen LogP contribution in [0.5, 0.6) is 11.5 Å². The molecule has 0 saturated carbocycles. The van der Waals surface area contributed by atoms with Gasteiger partial charge in [0.1, 0.15) is 0 Å². The monoisotopic (exact) mass is 406 g/mol. The van der Waals surface area contributed by atoms with Crippen LogP contribution in [-0.4, -0.2) is 81.4 Å². The Hall–Kier alpha value is -3.23. The van der Waals surface area contributed by atoms with Gasteiger partial charge in [-0.2, -0.15) is 0 Å². The molecule has 9 nitrogen and oxygen atoms in total. The predicted molar refractivity (Wildman–Crippen MR) is 105 cm³/mol. The zero-order valence-corrected chi connectivity index (χ0v) is 16.9. The van der Waals surface area contributed by atoms with E-state index in [0.717, 1.165) is 0 Å². The second-order valence-corrected chi connectivity index (χ2v) is 6.09. The number of hydrogen-bond acceptors (Lipinski definition) is 7. The first-order chi connectivity index (χ1) is 14.0. The summed E-state index contributed by atoms with van der Waals surface area (Å²) in [5.41, 5.74) is 0.644. The van der Waals surface area contributed by atoms with E-state index in [1.54, 1.807) is 34.9 Å². The van der Waals surface area contributed by atoms with Crippen LogP contribution in [0.2, 0.25) is 0 Å². The largest absolute Gasteiger partial charge is 0.493 e. The molecule has 158 valence electrons. The minimum absolute atomic E-state index is 0.309. The van der Waals surface area contributed by atoms with Crippen LogP contribution in [0.1, 0.15) is 12.5 Å². The molecule has 1 aliphatic heterocycles. The molecule has 0 bridgehead atoms. The van der Waals surface area contributed by atoms with Crippen LogP contribution in [0.4, 0.5) is 4.79 Å². The van der Waals surface area contributed by atoms with Crippen LogP contribution < -0.4 is 9.47 Å². The highest BCUT2D eigenvalue weighted by atomic mass is 16.6. The van der Waals surface area contributed by atoms with E-state index in [1.165, 1.54) is 26.4 Å². The van der Waals surface area contributed by atoms with Crippen molar-refractivity contribution in [2.24, 2.45) is 0 Å². The number of carbonyl (C=O) groups is 3. The van der Waals surface area contributed by atoms with Gasteiger partial charge in [0.15, 0.2) is 18.1 Å². The van der Waals surface area contributed by atoms with Gasteiger partial charge in [-0.05, 0) is 19.1 Å². The summed E-state index contributed by atoms with van der Waals surface area (Å²) in [4.78, 5) is 38.9. The number of nitrogens with zero attached hydrogens (tertiary/aromatic N) is 2. The molecule has 2 amide bonds. The first-order valence-corrected chi connectivity index (χ1v) is 9.25. The molecule has 1 aromatic rings. The summed E-state index contributed by atoms with van der Waals surface area (Å²) in [6.45, 7) is 3.19. The number of esters is 1. The van der Waals surface area contributed by atoms with Gasteiger partial charge >= 0.3 is 12.1 Å². The summed E-state index contributed by atoms with van der Waals surface area (Å²) in [7, 11) is 3.03. The number of rotatable bonds is 7. The van der Waals surface area contributed by atoms with Crippen LogP contribution in [0, 0.1) is 0 Å². The number of amides is 2. The van der Waals surface area contributed by atoms with Gasteiger partial charge in [-0.15, -0.1) is 0 Å². The highest BCUT2D eigenvalue weighted by molar-refractivity contribution is 5.90. The number of carbonyl (C=O) groups excluding carboxylic acids is 3. The molecule has 1 heterocycles. The molecule has 0 aliphatic carbocycles. The highest BCUT2D eigenvalue weighted by Gasteiger charge is 2.25. The molecule has 1 aromatic carbocycles. The third-order valence-corrected chi connectivity index (χ3v) is 4.33. The van der Waals surface area contributed by atoms with E-state index in [4.69, 9.17) is 18.9 Å². The molecule has 2 rings (SSSR count). The molecular weight excluding hydrogens is 380 g/mol. The fourth-order valence-corrected chi connectivity index (χ4v) is 2.83. The Kier molecular flexibility index (Phi) is 8.32. The third kappa shape index (κ3) is 6.13. The fourth-order valence-electron chi connectivity index (χ4n) is 2.83. The Morgan fingerprint density at radius 3 is 2.31 bits per heavy atom. The highest BCUT2D eigenvalue weighted by Crippen LogP contribution is 2.31. The average Bonchev–Trinajstić information content (AvgIpc) is 2.75. The second-order valence-electron chi connectivity index (χ2n) is 6.09. The number of ether oxygens (including phenoxy) is 4. The van der Waals surface area contributed by atoms with Crippen LogP contribution in [-0.2, 0) is 19.1 Å². The summed E-state index contributed by atoms with van der Waals surface area (Å²) in [6, 6.07) is 5.28.